The average molecular weight is 370 g/mol. The Labute approximate surface area is 160 Å². The standard InChI is InChI=1S/C22H31N3S/c1-11-3-15-5-12(1)6-16(4-11)19(15)21-24-25-22(26-21)23-20-17-7-13-2-14(9-17)10-18(20)8-13/h11-20H,1-10H2,(H,23,25). The molecule has 0 saturated heterocycles. The molecule has 8 bridgehead atoms. The van der Waals surface area contributed by atoms with Crippen molar-refractivity contribution in [3.05, 3.63) is 5.01 Å². The quantitative estimate of drug-likeness (QED) is 0.784. The number of aromatic nitrogens is 2. The molecule has 1 aromatic rings. The molecule has 9 rings (SSSR count). The van der Waals surface area contributed by atoms with Gasteiger partial charge in [0.15, 0.2) is 0 Å². The zero-order valence-electron chi connectivity index (χ0n) is 15.6. The molecule has 0 aromatic carbocycles. The molecule has 4 heteroatoms. The van der Waals surface area contributed by atoms with Gasteiger partial charge >= 0.3 is 0 Å². The minimum Gasteiger partial charge on any atom is -0.357 e. The molecule has 8 aliphatic carbocycles. The van der Waals surface area contributed by atoms with Crippen LogP contribution in [0, 0.1) is 47.3 Å². The van der Waals surface area contributed by atoms with Gasteiger partial charge in [0, 0.05) is 12.0 Å². The maximum atomic E-state index is 4.75. The number of hydrogen-bond donors (Lipinski definition) is 1. The lowest BCUT2D eigenvalue weighted by Crippen LogP contribution is -2.51. The van der Waals surface area contributed by atoms with E-state index in [1.807, 2.05) is 11.3 Å². The van der Waals surface area contributed by atoms with Crippen LogP contribution in [0.4, 0.5) is 5.13 Å². The molecule has 8 fully saturated rings. The molecule has 0 aliphatic heterocycles. The molecule has 8 saturated carbocycles. The van der Waals surface area contributed by atoms with Gasteiger partial charge < -0.3 is 5.32 Å². The summed E-state index contributed by atoms with van der Waals surface area (Å²) < 4.78 is 0. The number of nitrogens with one attached hydrogen (secondary N) is 1. The Morgan fingerprint density at radius 2 is 1.12 bits per heavy atom. The fourth-order valence-corrected chi connectivity index (χ4v) is 10.1. The van der Waals surface area contributed by atoms with Gasteiger partial charge in [-0.2, -0.15) is 0 Å². The summed E-state index contributed by atoms with van der Waals surface area (Å²) in [5.41, 5.74) is 0. The Morgan fingerprint density at radius 3 is 1.65 bits per heavy atom. The average Bonchev–Trinajstić information content (AvgIpc) is 3.05. The summed E-state index contributed by atoms with van der Waals surface area (Å²) in [7, 11) is 0. The van der Waals surface area contributed by atoms with Crippen LogP contribution in [-0.2, 0) is 0 Å². The van der Waals surface area contributed by atoms with Crippen molar-refractivity contribution in [2.24, 2.45) is 47.3 Å². The molecule has 140 valence electrons. The van der Waals surface area contributed by atoms with Crippen LogP contribution >= 0.6 is 11.3 Å². The lowest BCUT2D eigenvalue weighted by Gasteiger charge is -2.54. The first-order valence-corrected chi connectivity index (χ1v) is 12.2. The molecular weight excluding hydrogens is 338 g/mol. The van der Waals surface area contributed by atoms with E-state index in [2.05, 4.69) is 10.4 Å². The molecule has 0 spiro atoms. The topological polar surface area (TPSA) is 37.8 Å². The molecule has 1 aromatic heterocycles. The lowest BCUT2D eigenvalue weighted by atomic mass is 9.52. The van der Waals surface area contributed by atoms with Crippen LogP contribution in [0.1, 0.15) is 75.1 Å². The number of hydrogen-bond acceptors (Lipinski definition) is 4. The molecule has 0 atom stereocenters. The maximum Gasteiger partial charge on any atom is 0.205 e. The van der Waals surface area contributed by atoms with E-state index in [1.54, 1.807) is 0 Å². The zero-order chi connectivity index (χ0) is 16.8. The van der Waals surface area contributed by atoms with Crippen molar-refractivity contribution in [2.75, 3.05) is 5.32 Å². The molecular formula is C22H31N3S. The van der Waals surface area contributed by atoms with Crippen molar-refractivity contribution in [1.29, 1.82) is 0 Å². The van der Waals surface area contributed by atoms with Crippen molar-refractivity contribution >= 4 is 16.5 Å². The normalized spacial score (nSPS) is 53.4. The summed E-state index contributed by atoms with van der Waals surface area (Å²) in [5, 5.41) is 15.8. The van der Waals surface area contributed by atoms with Crippen LogP contribution in [0.2, 0.25) is 0 Å². The van der Waals surface area contributed by atoms with Crippen LogP contribution in [0.5, 0.6) is 0 Å². The van der Waals surface area contributed by atoms with E-state index in [0.717, 1.165) is 58.4 Å². The third-order valence-corrected chi connectivity index (χ3v) is 10.4. The van der Waals surface area contributed by atoms with Gasteiger partial charge in [-0.15, -0.1) is 10.2 Å². The van der Waals surface area contributed by atoms with Gasteiger partial charge in [-0.1, -0.05) is 11.3 Å². The van der Waals surface area contributed by atoms with E-state index in [4.69, 9.17) is 5.10 Å². The highest BCUT2D eigenvalue weighted by atomic mass is 32.1. The zero-order valence-corrected chi connectivity index (χ0v) is 16.5. The fourth-order valence-electron chi connectivity index (χ4n) is 9.06. The molecule has 0 amide bonds. The van der Waals surface area contributed by atoms with Crippen molar-refractivity contribution in [1.82, 2.24) is 10.2 Å². The first-order valence-electron chi connectivity index (χ1n) is 11.4. The number of nitrogens with zero attached hydrogens (tertiary/aromatic N) is 2. The summed E-state index contributed by atoms with van der Waals surface area (Å²) in [6.45, 7) is 0. The van der Waals surface area contributed by atoms with Crippen molar-refractivity contribution in [3.63, 3.8) is 0 Å². The summed E-state index contributed by atoms with van der Waals surface area (Å²) in [6, 6.07) is 0.696. The lowest BCUT2D eigenvalue weighted by molar-refractivity contribution is -0.00303. The second kappa shape index (κ2) is 5.46. The Kier molecular flexibility index (Phi) is 3.21. The third kappa shape index (κ3) is 2.23. The highest BCUT2D eigenvalue weighted by Crippen LogP contribution is 2.60. The van der Waals surface area contributed by atoms with E-state index >= 15 is 0 Å². The maximum absolute atomic E-state index is 4.75. The Hall–Kier alpha value is -0.640. The minimum atomic E-state index is 0.696. The van der Waals surface area contributed by atoms with Crippen LogP contribution < -0.4 is 5.32 Å². The minimum absolute atomic E-state index is 0.696. The largest absolute Gasteiger partial charge is 0.357 e. The summed E-state index contributed by atoms with van der Waals surface area (Å²) >= 11 is 1.92. The summed E-state index contributed by atoms with van der Waals surface area (Å²) in [6.07, 6.45) is 14.9. The monoisotopic (exact) mass is 369 g/mol. The van der Waals surface area contributed by atoms with E-state index in [1.165, 1.54) is 69.2 Å². The number of anilines is 1. The van der Waals surface area contributed by atoms with Gasteiger partial charge in [-0.05, 0) is 112 Å². The van der Waals surface area contributed by atoms with Crippen LogP contribution in [0.15, 0.2) is 0 Å². The summed E-state index contributed by atoms with van der Waals surface area (Å²) in [5.74, 6) is 8.62. The van der Waals surface area contributed by atoms with Gasteiger partial charge in [0.25, 0.3) is 0 Å². The van der Waals surface area contributed by atoms with Crippen LogP contribution in [-0.4, -0.2) is 16.2 Å². The van der Waals surface area contributed by atoms with E-state index in [0.29, 0.717) is 6.04 Å². The van der Waals surface area contributed by atoms with E-state index in [9.17, 15) is 0 Å². The highest BCUT2D eigenvalue weighted by molar-refractivity contribution is 7.15. The van der Waals surface area contributed by atoms with Gasteiger partial charge in [0.2, 0.25) is 5.13 Å². The van der Waals surface area contributed by atoms with Gasteiger partial charge in [0.1, 0.15) is 5.01 Å². The molecule has 1 N–H and O–H groups in total. The molecule has 1 heterocycles. The Morgan fingerprint density at radius 1 is 0.615 bits per heavy atom. The van der Waals surface area contributed by atoms with Crippen molar-refractivity contribution in [2.45, 2.75) is 76.2 Å². The molecule has 26 heavy (non-hydrogen) atoms. The second-order valence-corrected chi connectivity index (χ2v) is 12.0. The van der Waals surface area contributed by atoms with Crippen LogP contribution in [0.25, 0.3) is 0 Å². The van der Waals surface area contributed by atoms with Crippen molar-refractivity contribution in [3.8, 4) is 0 Å². The summed E-state index contributed by atoms with van der Waals surface area (Å²) in [4.78, 5) is 0. The van der Waals surface area contributed by atoms with Gasteiger partial charge in [-0.25, -0.2) is 0 Å². The second-order valence-electron chi connectivity index (χ2n) is 11.0. The SMILES string of the molecule is C1C2CC3CC1CC(C2)C3Nc1nnc(C2C3CC4CC(C3)CC2C4)s1. The predicted molar refractivity (Wildman–Crippen MR) is 104 cm³/mol. The van der Waals surface area contributed by atoms with E-state index in [-0.39, 0.29) is 0 Å². The van der Waals surface area contributed by atoms with Crippen LogP contribution in [0.3, 0.4) is 0 Å². The number of rotatable bonds is 3. The third-order valence-electron chi connectivity index (χ3n) is 9.47. The first-order chi connectivity index (χ1) is 12.8. The van der Waals surface area contributed by atoms with Gasteiger partial charge in [0.05, 0.1) is 0 Å². The van der Waals surface area contributed by atoms with Gasteiger partial charge in [-0.3, -0.25) is 0 Å². The molecule has 3 nitrogen and oxygen atoms in total. The molecule has 0 radical (unpaired) electrons. The fraction of sp³-hybridized carbons (Fsp3) is 0.909. The Bertz CT molecular complexity index is 656. The first kappa shape index (κ1) is 15.3. The highest BCUT2D eigenvalue weighted by Gasteiger charge is 2.51. The Balaban J connectivity index is 1.11. The molecule has 8 aliphatic rings. The predicted octanol–water partition coefficient (Wildman–Crippen LogP) is 5.31. The molecule has 0 unspecified atom stereocenters. The smallest absolute Gasteiger partial charge is 0.205 e. The van der Waals surface area contributed by atoms with E-state index < -0.39 is 0 Å². The van der Waals surface area contributed by atoms with Crippen molar-refractivity contribution < 1.29 is 0 Å².